The molecular formula is C8H9NO4S. The first-order chi connectivity index (χ1) is 6.41. The van der Waals surface area contributed by atoms with E-state index < -0.39 is 14.8 Å². The monoisotopic (exact) mass is 215 g/mol. The molecule has 0 atom stereocenters. The van der Waals surface area contributed by atoms with Crippen molar-refractivity contribution in [3.63, 3.8) is 0 Å². The molecule has 1 aliphatic rings. The van der Waals surface area contributed by atoms with Gasteiger partial charge < -0.3 is 0 Å². The summed E-state index contributed by atoms with van der Waals surface area (Å²) in [5, 5.41) is 10.4. The van der Waals surface area contributed by atoms with Gasteiger partial charge in [0.15, 0.2) is 9.84 Å². The molecule has 14 heavy (non-hydrogen) atoms. The Labute approximate surface area is 81.5 Å². The van der Waals surface area contributed by atoms with Crippen molar-refractivity contribution < 1.29 is 13.3 Å². The summed E-state index contributed by atoms with van der Waals surface area (Å²) in [5.74, 6) is 0. The van der Waals surface area contributed by atoms with Gasteiger partial charge in [-0.1, -0.05) is 6.08 Å². The molecule has 0 saturated carbocycles. The van der Waals surface area contributed by atoms with Crippen LogP contribution in [-0.2, 0) is 9.84 Å². The molecule has 0 aliphatic heterocycles. The normalized spacial score (nSPS) is 16.9. The van der Waals surface area contributed by atoms with Crippen molar-refractivity contribution in [1.29, 1.82) is 0 Å². The topological polar surface area (TPSA) is 77.3 Å². The molecule has 0 spiro atoms. The molecule has 0 radical (unpaired) electrons. The van der Waals surface area contributed by atoms with Gasteiger partial charge in [0.25, 0.3) is 5.70 Å². The number of rotatable bonds is 2. The minimum atomic E-state index is -3.26. The quantitative estimate of drug-likeness (QED) is 0.509. The van der Waals surface area contributed by atoms with Crippen LogP contribution >= 0.6 is 0 Å². The molecule has 6 heteroatoms. The second-order valence-electron chi connectivity index (χ2n) is 2.86. The van der Waals surface area contributed by atoms with Gasteiger partial charge in [0, 0.05) is 29.7 Å². The minimum absolute atomic E-state index is 0.108. The largest absolute Gasteiger partial charge is 0.269 e. The van der Waals surface area contributed by atoms with Crippen LogP contribution in [-0.4, -0.2) is 19.6 Å². The third-order valence-electron chi connectivity index (χ3n) is 1.73. The molecule has 0 aromatic rings. The lowest BCUT2D eigenvalue weighted by Gasteiger charge is -1.97. The highest BCUT2D eigenvalue weighted by Crippen LogP contribution is 2.15. The molecule has 0 amide bonds. The van der Waals surface area contributed by atoms with E-state index in [1.54, 1.807) is 0 Å². The van der Waals surface area contributed by atoms with Crippen molar-refractivity contribution in [3.8, 4) is 0 Å². The van der Waals surface area contributed by atoms with Gasteiger partial charge in [-0.15, -0.1) is 0 Å². The van der Waals surface area contributed by atoms with Crippen LogP contribution < -0.4 is 0 Å². The van der Waals surface area contributed by atoms with Crippen LogP contribution in [0.25, 0.3) is 0 Å². The lowest BCUT2D eigenvalue weighted by Crippen LogP contribution is -1.99. The Morgan fingerprint density at radius 2 is 2.07 bits per heavy atom. The van der Waals surface area contributed by atoms with Crippen molar-refractivity contribution in [2.75, 3.05) is 6.26 Å². The fourth-order valence-electron chi connectivity index (χ4n) is 0.994. The molecule has 0 N–H and O–H groups in total. The molecule has 1 rings (SSSR count). The van der Waals surface area contributed by atoms with Crippen LogP contribution in [0.15, 0.2) is 34.9 Å². The molecule has 0 bridgehead atoms. The van der Waals surface area contributed by atoms with Gasteiger partial charge in [0.05, 0.1) is 4.92 Å². The number of nitro groups is 1. The highest BCUT2D eigenvalue weighted by Gasteiger charge is 2.13. The van der Waals surface area contributed by atoms with E-state index in [-0.39, 0.29) is 17.0 Å². The van der Waals surface area contributed by atoms with E-state index in [9.17, 15) is 18.5 Å². The first-order valence-electron chi connectivity index (χ1n) is 3.83. The van der Waals surface area contributed by atoms with E-state index >= 15 is 0 Å². The zero-order valence-corrected chi connectivity index (χ0v) is 8.32. The van der Waals surface area contributed by atoms with E-state index in [0.29, 0.717) is 0 Å². The van der Waals surface area contributed by atoms with Gasteiger partial charge >= 0.3 is 0 Å². The van der Waals surface area contributed by atoms with E-state index in [0.717, 1.165) is 6.26 Å². The van der Waals surface area contributed by atoms with Gasteiger partial charge in [-0.25, -0.2) is 8.42 Å². The maximum atomic E-state index is 11.1. The van der Waals surface area contributed by atoms with E-state index in [4.69, 9.17) is 0 Å². The van der Waals surface area contributed by atoms with Crippen LogP contribution in [0.1, 0.15) is 6.42 Å². The van der Waals surface area contributed by atoms with Gasteiger partial charge in [-0.3, -0.25) is 10.1 Å². The number of sulfone groups is 1. The summed E-state index contributed by atoms with van der Waals surface area (Å²) >= 11 is 0. The van der Waals surface area contributed by atoms with Crippen LogP contribution in [0.5, 0.6) is 0 Å². The van der Waals surface area contributed by atoms with Crippen molar-refractivity contribution in [2.24, 2.45) is 0 Å². The zero-order chi connectivity index (χ0) is 10.8. The Morgan fingerprint density at radius 3 is 2.57 bits per heavy atom. The average molecular weight is 215 g/mol. The Bertz CT molecular complexity index is 442. The van der Waals surface area contributed by atoms with Crippen LogP contribution in [0.3, 0.4) is 0 Å². The lowest BCUT2D eigenvalue weighted by atomic mass is 10.4. The Kier molecular flexibility index (Phi) is 2.85. The molecule has 0 aromatic heterocycles. The molecule has 0 saturated heterocycles. The van der Waals surface area contributed by atoms with Crippen molar-refractivity contribution in [2.45, 2.75) is 6.42 Å². The summed E-state index contributed by atoms with van der Waals surface area (Å²) in [6.07, 6.45) is 6.51. The Morgan fingerprint density at radius 1 is 1.43 bits per heavy atom. The van der Waals surface area contributed by atoms with E-state index in [2.05, 4.69) is 0 Å². The summed E-state index contributed by atoms with van der Waals surface area (Å²) < 4.78 is 22.2. The predicted molar refractivity (Wildman–Crippen MR) is 51.8 cm³/mol. The molecular weight excluding hydrogens is 206 g/mol. The van der Waals surface area contributed by atoms with Crippen LogP contribution in [0, 0.1) is 10.1 Å². The van der Waals surface area contributed by atoms with E-state index in [1.165, 1.54) is 24.3 Å². The van der Waals surface area contributed by atoms with Gasteiger partial charge in [0.1, 0.15) is 0 Å². The summed E-state index contributed by atoms with van der Waals surface area (Å²) in [4.78, 5) is 10.00. The number of hydrogen-bond donors (Lipinski definition) is 0. The summed E-state index contributed by atoms with van der Waals surface area (Å²) in [6.45, 7) is 0. The number of hydrogen-bond acceptors (Lipinski definition) is 4. The second-order valence-corrected chi connectivity index (χ2v) is 4.93. The van der Waals surface area contributed by atoms with E-state index in [1.807, 2.05) is 0 Å². The minimum Gasteiger partial charge on any atom is -0.258 e. The zero-order valence-electron chi connectivity index (χ0n) is 7.50. The molecule has 76 valence electrons. The fourth-order valence-corrected chi connectivity index (χ4v) is 1.71. The van der Waals surface area contributed by atoms with Gasteiger partial charge in [-0.2, -0.15) is 0 Å². The summed E-state index contributed by atoms with van der Waals surface area (Å²) in [5.41, 5.74) is -0.108. The van der Waals surface area contributed by atoms with Crippen LogP contribution in [0.2, 0.25) is 0 Å². The maximum Gasteiger partial charge on any atom is 0.269 e. The lowest BCUT2D eigenvalue weighted by molar-refractivity contribution is -0.419. The molecule has 0 fully saturated rings. The predicted octanol–water partition coefficient (Wildman–Crippen LogP) is 1.04. The third kappa shape index (κ3) is 2.53. The van der Waals surface area contributed by atoms with Gasteiger partial charge in [-0.05, 0) is 6.08 Å². The molecule has 5 nitrogen and oxygen atoms in total. The maximum absolute atomic E-state index is 11.1. The first kappa shape index (κ1) is 10.6. The number of allylic oxidation sites excluding steroid dienone is 5. The van der Waals surface area contributed by atoms with Crippen molar-refractivity contribution >= 4 is 9.84 Å². The Hall–Kier alpha value is -1.43. The summed E-state index contributed by atoms with van der Waals surface area (Å²) in [6, 6.07) is 0. The average Bonchev–Trinajstić information content (AvgIpc) is 2.26. The fraction of sp³-hybridized carbons (Fsp3) is 0.250. The number of nitrogens with zero attached hydrogens (tertiary/aromatic N) is 1. The first-order valence-corrected chi connectivity index (χ1v) is 5.72. The van der Waals surface area contributed by atoms with Crippen LogP contribution in [0.4, 0.5) is 0 Å². The highest BCUT2D eigenvalue weighted by molar-refractivity contribution is 7.94. The SMILES string of the molecule is CS(=O)(=O)C1=CC=C([N+](=O)[O-])C=CC1. The summed E-state index contributed by atoms with van der Waals surface area (Å²) in [7, 11) is -3.26. The standard InChI is InChI=1S/C8H9NO4S/c1-14(12,13)8-4-2-3-7(5-6-8)9(10)11/h2-3,5-6H,4H2,1H3. The van der Waals surface area contributed by atoms with Crippen molar-refractivity contribution in [3.05, 3.63) is 45.0 Å². The third-order valence-corrected chi connectivity index (χ3v) is 2.99. The molecule has 0 unspecified atom stereocenters. The van der Waals surface area contributed by atoms with Crippen molar-refractivity contribution in [1.82, 2.24) is 0 Å². The smallest absolute Gasteiger partial charge is 0.258 e. The van der Waals surface area contributed by atoms with Gasteiger partial charge in [0.2, 0.25) is 0 Å². The second kappa shape index (κ2) is 3.75. The molecule has 0 aromatic carbocycles. The Balaban J connectivity index is 3.10. The molecule has 1 aliphatic carbocycles. The molecule has 0 heterocycles. The highest BCUT2D eigenvalue weighted by atomic mass is 32.2.